The van der Waals surface area contributed by atoms with Crippen molar-refractivity contribution in [3.63, 3.8) is 0 Å². The number of hydrogen-bond donors (Lipinski definition) is 3. The molecule has 5 nitrogen and oxygen atoms in total. The fourth-order valence-electron chi connectivity index (χ4n) is 1.62. The topological polar surface area (TPSA) is 98.2 Å². The third kappa shape index (κ3) is 4.71. The number of anilines is 1. The van der Waals surface area contributed by atoms with Crippen molar-refractivity contribution in [3.05, 3.63) is 29.8 Å². The summed E-state index contributed by atoms with van der Waals surface area (Å²) in [6.45, 7) is 5.57. The number of rotatable bonds is 4. The first-order valence-corrected chi connectivity index (χ1v) is 6.16. The average Bonchev–Trinajstić information content (AvgIpc) is 2.27. The molecular weight excluding hydrogens is 242 g/mol. The molecule has 1 unspecified atom stereocenters. The van der Waals surface area contributed by atoms with Gasteiger partial charge in [0.2, 0.25) is 5.91 Å². The number of benzene rings is 1. The van der Waals surface area contributed by atoms with Crippen molar-refractivity contribution < 1.29 is 9.59 Å². The fraction of sp³-hybridized carbons (Fsp3) is 0.429. The standard InChI is InChI=1S/C14H21N3O2/c1-14(2,3)17-13(19)11(16)8-12(18)9-6-4-5-7-10(9)15/h4-7,11H,8,15-16H2,1-3H3,(H,17,19). The van der Waals surface area contributed by atoms with E-state index in [0.717, 1.165) is 0 Å². The number of hydrogen-bond acceptors (Lipinski definition) is 4. The van der Waals surface area contributed by atoms with Crippen molar-refractivity contribution >= 4 is 17.4 Å². The Morgan fingerprint density at radius 3 is 2.37 bits per heavy atom. The molecule has 104 valence electrons. The number of para-hydroxylation sites is 1. The lowest BCUT2D eigenvalue weighted by Gasteiger charge is -2.23. The fourth-order valence-corrected chi connectivity index (χ4v) is 1.62. The summed E-state index contributed by atoms with van der Waals surface area (Å²) in [7, 11) is 0. The summed E-state index contributed by atoms with van der Waals surface area (Å²) in [4.78, 5) is 23.8. The summed E-state index contributed by atoms with van der Waals surface area (Å²) in [5.41, 5.74) is 11.9. The van der Waals surface area contributed by atoms with Gasteiger partial charge in [-0.3, -0.25) is 9.59 Å². The molecule has 0 radical (unpaired) electrons. The normalized spacial score (nSPS) is 12.8. The Bertz CT molecular complexity index is 478. The largest absolute Gasteiger partial charge is 0.398 e. The van der Waals surface area contributed by atoms with E-state index in [1.54, 1.807) is 24.3 Å². The molecule has 0 aromatic heterocycles. The first-order chi connectivity index (χ1) is 8.70. The smallest absolute Gasteiger partial charge is 0.237 e. The van der Waals surface area contributed by atoms with Crippen LogP contribution in [0.1, 0.15) is 37.6 Å². The summed E-state index contributed by atoms with van der Waals surface area (Å²) in [5, 5.41) is 2.74. The molecule has 0 saturated carbocycles. The number of carbonyl (C=O) groups is 2. The highest BCUT2D eigenvalue weighted by molar-refractivity contribution is 6.03. The molecule has 0 bridgehead atoms. The van der Waals surface area contributed by atoms with Crippen LogP contribution < -0.4 is 16.8 Å². The molecule has 1 atom stereocenters. The van der Waals surface area contributed by atoms with Gasteiger partial charge in [0.25, 0.3) is 0 Å². The highest BCUT2D eigenvalue weighted by Gasteiger charge is 2.23. The third-order valence-electron chi connectivity index (χ3n) is 2.50. The van der Waals surface area contributed by atoms with Gasteiger partial charge < -0.3 is 16.8 Å². The molecule has 0 aliphatic heterocycles. The van der Waals surface area contributed by atoms with Crippen molar-refractivity contribution in [2.75, 3.05) is 5.73 Å². The third-order valence-corrected chi connectivity index (χ3v) is 2.50. The first kappa shape index (κ1) is 15.2. The van der Waals surface area contributed by atoms with Gasteiger partial charge in [-0.2, -0.15) is 0 Å². The molecule has 0 aliphatic carbocycles. The van der Waals surface area contributed by atoms with E-state index >= 15 is 0 Å². The van der Waals surface area contributed by atoms with E-state index < -0.39 is 6.04 Å². The Morgan fingerprint density at radius 2 is 1.84 bits per heavy atom. The highest BCUT2D eigenvalue weighted by atomic mass is 16.2. The maximum absolute atomic E-state index is 12.0. The van der Waals surface area contributed by atoms with Crippen molar-refractivity contribution in [3.8, 4) is 0 Å². The van der Waals surface area contributed by atoms with Gasteiger partial charge in [-0.1, -0.05) is 12.1 Å². The summed E-state index contributed by atoms with van der Waals surface area (Å²) in [6.07, 6.45) is -0.0594. The molecule has 0 saturated heterocycles. The lowest BCUT2D eigenvalue weighted by molar-refractivity contribution is -0.123. The molecule has 1 aromatic rings. The molecule has 0 heterocycles. The van der Waals surface area contributed by atoms with Crippen LogP contribution in [0.3, 0.4) is 0 Å². The number of amides is 1. The van der Waals surface area contributed by atoms with Gasteiger partial charge in [0.15, 0.2) is 5.78 Å². The van der Waals surface area contributed by atoms with Crippen molar-refractivity contribution in [1.29, 1.82) is 0 Å². The lowest BCUT2D eigenvalue weighted by atomic mass is 10.0. The number of nitrogens with two attached hydrogens (primary N) is 2. The van der Waals surface area contributed by atoms with Crippen molar-refractivity contribution in [1.82, 2.24) is 5.32 Å². The molecule has 0 spiro atoms. The molecule has 0 aliphatic rings. The number of carbonyl (C=O) groups excluding carboxylic acids is 2. The van der Waals surface area contributed by atoms with E-state index in [9.17, 15) is 9.59 Å². The predicted molar refractivity (Wildman–Crippen MR) is 75.7 cm³/mol. The second-order valence-electron chi connectivity index (χ2n) is 5.56. The predicted octanol–water partition coefficient (Wildman–Crippen LogP) is 1.08. The Balaban J connectivity index is 2.67. The minimum absolute atomic E-state index is 0.0594. The SMILES string of the molecule is CC(C)(C)NC(=O)C(N)CC(=O)c1ccccc1N. The quantitative estimate of drug-likeness (QED) is 0.559. The van der Waals surface area contributed by atoms with Crippen LogP contribution in [-0.4, -0.2) is 23.3 Å². The zero-order valence-electron chi connectivity index (χ0n) is 11.6. The molecular formula is C14H21N3O2. The molecule has 1 rings (SSSR count). The van der Waals surface area contributed by atoms with E-state index in [1.807, 2.05) is 20.8 Å². The zero-order valence-corrected chi connectivity index (χ0v) is 11.6. The summed E-state index contributed by atoms with van der Waals surface area (Å²) < 4.78 is 0. The minimum atomic E-state index is -0.869. The van der Waals surface area contributed by atoms with Crippen LogP contribution in [0.25, 0.3) is 0 Å². The maximum atomic E-state index is 12.0. The summed E-state index contributed by atoms with van der Waals surface area (Å²) in [6, 6.07) is 5.88. The highest BCUT2D eigenvalue weighted by Crippen LogP contribution is 2.13. The second-order valence-corrected chi connectivity index (χ2v) is 5.56. The van der Waals surface area contributed by atoms with Crippen LogP contribution in [0.5, 0.6) is 0 Å². The van der Waals surface area contributed by atoms with Gasteiger partial charge in [0, 0.05) is 23.2 Å². The zero-order chi connectivity index (χ0) is 14.6. The molecule has 0 fully saturated rings. The van der Waals surface area contributed by atoms with Crippen LogP contribution in [0.2, 0.25) is 0 Å². The van der Waals surface area contributed by atoms with E-state index in [0.29, 0.717) is 11.3 Å². The summed E-state index contributed by atoms with van der Waals surface area (Å²) >= 11 is 0. The average molecular weight is 263 g/mol. The van der Waals surface area contributed by atoms with E-state index in [1.165, 1.54) is 0 Å². The summed E-state index contributed by atoms with van der Waals surface area (Å²) in [5.74, 6) is -0.565. The van der Waals surface area contributed by atoms with Gasteiger partial charge in [0.05, 0.1) is 6.04 Å². The molecule has 19 heavy (non-hydrogen) atoms. The van der Waals surface area contributed by atoms with Gasteiger partial charge in [-0.15, -0.1) is 0 Å². The second kappa shape index (κ2) is 5.84. The number of nitrogen functional groups attached to an aromatic ring is 1. The van der Waals surface area contributed by atoms with Crippen molar-refractivity contribution in [2.45, 2.75) is 38.8 Å². The minimum Gasteiger partial charge on any atom is -0.398 e. The monoisotopic (exact) mass is 263 g/mol. The Morgan fingerprint density at radius 1 is 1.26 bits per heavy atom. The van der Waals surface area contributed by atoms with Crippen LogP contribution in [0.15, 0.2) is 24.3 Å². The Hall–Kier alpha value is -1.88. The van der Waals surface area contributed by atoms with Crippen LogP contribution in [0, 0.1) is 0 Å². The number of Topliss-reactive ketones (excluding diaryl/α,β-unsaturated/α-hetero) is 1. The molecule has 1 aromatic carbocycles. The molecule has 5 heteroatoms. The van der Waals surface area contributed by atoms with Gasteiger partial charge >= 0.3 is 0 Å². The van der Waals surface area contributed by atoms with Crippen LogP contribution in [0.4, 0.5) is 5.69 Å². The Labute approximate surface area is 113 Å². The van der Waals surface area contributed by atoms with Gasteiger partial charge in [-0.25, -0.2) is 0 Å². The van der Waals surface area contributed by atoms with Crippen molar-refractivity contribution in [2.24, 2.45) is 5.73 Å². The van der Waals surface area contributed by atoms with Gasteiger partial charge in [0.1, 0.15) is 0 Å². The molecule has 1 amide bonds. The maximum Gasteiger partial charge on any atom is 0.237 e. The van der Waals surface area contributed by atoms with Gasteiger partial charge in [-0.05, 0) is 32.9 Å². The van der Waals surface area contributed by atoms with E-state index in [2.05, 4.69) is 5.32 Å². The lowest BCUT2D eigenvalue weighted by Crippen LogP contribution is -2.49. The number of ketones is 1. The molecule has 5 N–H and O–H groups in total. The van der Waals surface area contributed by atoms with Crippen LogP contribution in [-0.2, 0) is 4.79 Å². The number of nitrogens with one attached hydrogen (secondary N) is 1. The Kier molecular flexibility index (Phi) is 4.67. The first-order valence-electron chi connectivity index (χ1n) is 6.16. The van der Waals surface area contributed by atoms with E-state index in [-0.39, 0.29) is 23.7 Å². The van der Waals surface area contributed by atoms with E-state index in [4.69, 9.17) is 11.5 Å². The van der Waals surface area contributed by atoms with Crippen LogP contribution >= 0.6 is 0 Å².